The number of carbonyl (C=O) groups is 2. The lowest BCUT2D eigenvalue weighted by molar-refractivity contribution is -0.139. The standard InChI is InChI=1S/C17H19N3O4/c1-23-14-5-7-15(8-6-14)24-11-10-19-16(21)17(22)20-12-13-4-2-3-9-18-13/h2-9H,10-12H2,1H3,(H,19,21)(H,20,22). The maximum absolute atomic E-state index is 11.6. The molecule has 0 fully saturated rings. The van der Waals surface area contributed by atoms with Crippen molar-refractivity contribution in [3.05, 3.63) is 54.4 Å². The van der Waals surface area contributed by atoms with Crippen LogP contribution in [0.3, 0.4) is 0 Å². The first-order chi connectivity index (χ1) is 11.7. The Hall–Kier alpha value is -3.09. The molecule has 2 aromatic rings. The fourth-order valence-electron chi connectivity index (χ4n) is 1.84. The lowest BCUT2D eigenvalue weighted by Gasteiger charge is -2.08. The molecule has 2 rings (SSSR count). The Morgan fingerprint density at radius 2 is 1.71 bits per heavy atom. The number of methoxy groups -OCH3 is 1. The van der Waals surface area contributed by atoms with Gasteiger partial charge in [-0.3, -0.25) is 14.6 Å². The van der Waals surface area contributed by atoms with Crippen LogP contribution in [0.1, 0.15) is 5.69 Å². The maximum Gasteiger partial charge on any atom is 0.309 e. The largest absolute Gasteiger partial charge is 0.497 e. The number of rotatable bonds is 7. The predicted molar refractivity (Wildman–Crippen MR) is 87.6 cm³/mol. The molecule has 7 heteroatoms. The summed E-state index contributed by atoms with van der Waals surface area (Å²) in [5.41, 5.74) is 0.682. The zero-order valence-electron chi connectivity index (χ0n) is 13.3. The minimum absolute atomic E-state index is 0.204. The molecule has 0 aliphatic rings. The van der Waals surface area contributed by atoms with Crippen molar-refractivity contribution in [2.24, 2.45) is 0 Å². The number of hydrogen-bond donors (Lipinski definition) is 2. The van der Waals surface area contributed by atoms with Gasteiger partial charge in [0.15, 0.2) is 0 Å². The molecule has 24 heavy (non-hydrogen) atoms. The predicted octanol–water partition coefficient (Wildman–Crippen LogP) is 0.902. The average Bonchev–Trinajstić information content (AvgIpc) is 2.64. The third-order valence-electron chi connectivity index (χ3n) is 3.08. The third-order valence-corrected chi connectivity index (χ3v) is 3.08. The minimum atomic E-state index is -0.704. The zero-order valence-corrected chi connectivity index (χ0v) is 13.3. The number of ether oxygens (including phenoxy) is 2. The van der Waals surface area contributed by atoms with E-state index in [1.54, 1.807) is 49.7 Å². The fraction of sp³-hybridized carbons (Fsp3) is 0.235. The second-order valence-electron chi connectivity index (χ2n) is 4.78. The number of aromatic nitrogens is 1. The fourth-order valence-corrected chi connectivity index (χ4v) is 1.84. The smallest absolute Gasteiger partial charge is 0.309 e. The maximum atomic E-state index is 11.6. The Labute approximate surface area is 140 Å². The van der Waals surface area contributed by atoms with Crippen molar-refractivity contribution in [3.63, 3.8) is 0 Å². The summed E-state index contributed by atoms with van der Waals surface area (Å²) in [6, 6.07) is 12.4. The van der Waals surface area contributed by atoms with Gasteiger partial charge in [-0.2, -0.15) is 0 Å². The molecule has 0 aliphatic heterocycles. The Morgan fingerprint density at radius 3 is 2.38 bits per heavy atom. The summed E-state index contributed by atoms with van der Waals surface area (Å²) in [6.45, 7) is 0.683. The molecule has 126 valence electrons. The molecule has 2 amide bonds. The summed E-state index contributed by atoms with van der Waals surface area (Å²) in [4.78, 5) is 27.3. The molecule has 0 atom stereocenters. The van der Waals surface area contributed by atoms with Crippen molar-refractivity contribution in [1.29, 1.82) is 0 Å². The van der Waals surface area contributed by atoms with Gasteiger partial charge >= 0.3 is 11.8 Å². The van der Waals surface area contributed by atoms with Gasteiger partial charge in [-0.25, -0.2) is 0 Å². The monoisotopic (exact) mass is 329 g/mol. The van der Waals surface area contributed by atoms with E-state index in [2.05, 4.69) is 15.6 Å². The highest BCUT2D eigenvalue weighted by Gasteiger charge is 2.12. The lowest BCUT2D eigenvalue weighted by Crippen LogP contribution is -2.41. The van der Waals surface area contributed by atoms with Crippen LogP contribution in [0.25, 0.3) is 0 Å². The number of nitrogens with zero attached hydrogens (tertiary/aromatic N) is 1. The number of nitrogens with one attached hydrogen (secondary N) is 2. The highest BCUT2D eigenvalue weighted by molar-refractivity contribution is 6.35. The SMILES string of the molecule is COc1ccc(OCCNC(=O)C(=O)NCc2ccccn2)cc1. The summed E-state index contributed by atoms with van der Waals surface area (Å²) in [6.07, 6.45) is 1.62. The molecule has 2 N–H and O–H groups in total. The Kier molecular flexibility index (Phi) is 6.58. The highest BCUT2D eigenvalue weighted by Crippen LogP contribution is 2.16. The van der Waals surface area contributed by atoms with Crippen molar-refractivity contribution in [1.82, 2.24) is 15.6 Å². The van der Waals surface area contributed by atoms with E-state index >= 15 is 0 Å². The molecule has 7 nitrogen and oxygen atoms in total. The molecule has 1 aromatic heterocycles. The summed E-state index contributed by atoms with van der Waals surface area (Å²) in [5, 5.41) is 4.99. The van der Waals surface area contributed by atoms with Crippen LogP contribution in [0, 0.1) is 0 Å². The summed E-state index contributed by atoms with van der Waals surface area (Å²) >= 11 is 0. The van der Waals surface area contributed by atoms with Crippen LogP contribution in [0.4, 0.5) is 0 Å². The zero-order chi connectivity index (χ0) is 17.2. The lowest BCUT2D eigenvalue weighted by atomic mass is 10.3. The van der Waals surface area contributed by atoms with Crippen LogP contribution < -0.4 is 20.1 Å². The van der Waals surface area contributed by atoms with Crippen molar-refractivity contribution in [2.45, 2.75) is 6.54 Å². The number of amides is 2. The topological polar surface area (TPSA) is 89.5 Å². The van der Waals surface area contributed by atoms with E-state index in [0.29, 0.717) is 11.4 Å². The number of hydrogen-bond acceptors (Lipinski definition) is 5. The van der Waals surface area contributed by atoms with Gasteiger partial charge in [-0.15, -0.1) is 0 Å². The number of pyridine rings is 1. The normalized spacial score (nSPS) is 9.88. The van der Waals surface area contributed by atoms with Gasteiger partial charge in [0, 0.05) is 6.20 Å². The number of benzene rings is 1. The minimum Gasteiger partial charge on any atom is -0.497 e. The van der Waals surface area contributed by atoms with Gasteiger partial charge < -0.3 is 20.1 Å². The summed E-state index contributed by atoms with van der Waals surface area (Å²) in [7, 11) is 1.59. The van der Waals surface area contributed by atoms with E-state index in [1.807, 2.05) is 6.07 Å². The van der Waals surface area contributed by atoms with Gasteiger partial charge in [0.25, 0.3) is 0 Å². The van der Waals surface area contributed by atoms with Crippen LogP contribution >= 0.6 is 0 Å². The van der Waals surface area contributed by atoms with Gasteiger partial charge in [-0.05, 0) is 36.4 Å². The second-order valence-corrected chi connectivity index (χ2v) is 4.78. The Balaban J connectivity index is 1.64. The van der Waals surface area contributed by atoms with Crippen LogP contribution in [-0.2, 0) is 16.1 Å². The van der Waals surface area contributed by atoms with Crippen molar-refractivity contribution in [3.8, 4) is 11.5 Å². The molecule has 0 bridgehead atoms. The molecule has 0 saturated carbocycles. The third kappa shape index (κ3) is 5.60. The first-order valence-corrected chi connectivity index (χ1v) is 7.42. The van der Waals surface area contributed by atoms with Crippen molar-refractivity contribution >= 4 is 11.8 Å². The molecular weight excluding hydrogens is 310 g/mol. The quantitative estimate of drug-likeness (QED) is 0.582. The van der Waals surface area contributed by atoms with E-state index in [1.165, 1.54) is 0 Å². The Bertz CT molecular complexity index is 659. The van der Waals surface area contributed by atoms with Crippen molar-refractivity contribution < 1.29 is 19.1 Å². The van der Waals surface area contributed by atoms with Crippen LogP contribution in [-0.4, -0.2) is 37.1 Å². The first-order valence-electron chi connectivity index (χ1n) is 7.42. The van der Waals surface area contributed by atoms with Crippen LogP contribution in [0.2, 0.25) is 0 Å². The van der Waals surface area contributed by atoms with Gasteiger partial charge in [-0.1, -0.05) is 6.07 Å². The average molecular weight is 329 g/mol. The summed E-state index contributed by atoms with van der Waals surface area (Å²) in [5.74, 6) is -0.0146. The van der Waals surface area contributed by atoms with E-state index in [4.69, 9.17) is 9.47 Å². The molecule has 0 aliphatic carbocycles. The molecule has 0 saturated heterocycles. The van der Waals surface area contributed by atoms with Crippen LogP contribution in [0.5, 0.6) is 11.5 Å². The van der Waals surface area contributed by atoms with E-state index in [-0.39, 0.29) is 19.7 Å². The molecule has 1 aromatic carbocycles. The molecule has 0 spiro atoms. The molecular formula is C17H19N3O4. The first kappa shape index (κ1) is 17.3. The molecule has 0 radical (unpaired) electrons. The van der Waals surface area contributed by atoms with E-state index < -0.39 is 11.8 Å². The van der Waals surface area contributed by atoms with E-state index in [0.717, 1.165) is 5.75 Å². The second kappa shape index (κ2) is 9.14. The highest BCUT2D eigenvalue weighted by atomic mass is 16.5. The molecule has 0 unspecified atom stereocenters. The summed E-state index contributed by atoms with van der Waals surface area (Å²) < 4.78 is 10.5. The van der Waals surface area contributed by atoms with Crippen molar-refractivity contribution in [2.75, 3.05) is 20.3 Å². The number of carbonyl (C=O) groups excluding carboxylic acids is 2. The Morgan fingerprint density at radius 1 is 1.00 bits per heavy atom. The van der Waals surface area contributed by atoms with Gasteiger partial charge in [0.1, 0.15) is 18.1 Å². The van der Waals surface area contributed by atoms with Gasteiger partial charge in [0.2, 0.25) is 0 Å². The molecule has 1 heterocycles. The van der Waals surface area contributed by atoms with E-state index in [9.17, 15) is 9.59 Å². The van der Waals surface area contributed by atoms with Crippen LogP contribution in [0.15, 0.2) is 48.7 Å². The van der Waals surface area contributed by atoms with Gasteiger partial charge in [0.05, 0.1) is 25.9 Å².